The number of likely N-dealkylation sites (N-methyl/N-ethyl adjacent to an activating group) is 1. The highest BCUT2D eigenvalue weighted by atomic mass is 32.1. The molecule has 2 atom stereocenters. The number of aldehydes is 1. The van der Waals surface area contributed by atoms with E-state index in [2.05, 4.69) is 36.8 Å². The number of nitrogens with one attached hydrogen (secondary N) is 1. The van der Waals surface area contributed by atoms with Gasteiger partial charge in [0.05, 0.1) is 17.0 Å². The summed E-state index contributed by atoms with van der Waals surface area (Å²) in [5.74, 6) is 0.747. The van der Waals surface area contributed by atoms with Gasteiger partial charge in [-0.2, -0.15) is 13.2 Å². The minimum Gasteiger partial charge on any atom is -0.383 e. The molecule has 2 aliphatic heterocycles. The molecule has 1 aromatic heterocycles. The van der Waals surface area contributed by atoms with Gasteiger partial charge in [0.25, 0.3) is 0 Å². The summed E-state index contributed by atoms with van der Waals surface area (Å²) >= 11 is 1.46. The average Bonchev–Trinajstić information content (AvgIpc) is 3.76. The van der Waals surface area contributed by atoms with Gasteiger partial charge < -0.3 is 15.3 Å². The monoisotopic (exact) mass is 632 g/mol. The van der Waals surface area contributed by atoms with E-state index in [1.165, 1.54) is 23.5 Å². The van der Waals surface area contributed by atoms with Gasteiger partial charge in [0.2, 0.25) is 5.91 Å². The van der Waals surface area contributed by atoms with E-state index in [1.807, 2.05) is 20.0 Å². The lowest BCUT2D eigenvalue weighted by atomic mass is 9.81. The molecule has 2 unspecified atom stereocenters. The van der Waals surface area contributed by atoms with Crippen LogP contribution in [-0.2, 0) is 16.6 Å². The number of benzene rings is 1. The van der Waals surface area contributed by atoms with Crippen molar-refractivity contribution >= 4 is 36.1 Å². The molecule has 13 heteroatoms. The minimum absolute atomic E-state index is 0.0322. The lowest BCUT2D eigenvalue weighted by molar-refractivity contribution is -0.137. The number of rotatable bonds is 7. The van der Waals surface area contributed by atoms with Crippen LogP contribution in [0.15, 0.2) is 52.7 Å². The topological polar surface area (TPSA) is 110 Å². The molecular weight excluding hydrogens is 593 g/mol. The third-order valence-corrected chi connectivity index (χ3v) is 9.68. The van der Waals surface area contributed by atoms with E-state index in [0.29, 0.717) is 49.6 Å². The van der Waals surface area contributed by atoms with Gasteiger partial charge in [-0.3, -0.25) is 14.5 Å². The molecule has 2 N–H and O–H groups in total. The summed E-state index contributed by atoms with van der Waals surface area (Å²) in [4.78, 5) is 40.9. The lowest BCUT2D eigenvalue weighted by Gasteiger charge is -2.40. The number of hydrogen-bond acceptors (Lipinski definition) is 8. The highest BCUT2D eigenvalue weighted by molar-refractivity contribution is 7.13. The summed E-state index contributed by atoms with van der Waals surface area (Å²) in [6.45, 7) is 7.82. The Kier molecular flexibility index (Phi) is 11.2. The second-order valence-electron chi connectivity index (χ2n) is 11.2. The van der Waals surface area contributed by atoms with Crippen molar-refractivity contribution in [1.82, 2.24) is 20.1 Å². The highest BCUT2D eigenvalue weighted by Crippen LogP contribution is 2.43. The molecule has 5 rings (SSSR count). The number of carbonyl (C=O) groups excluding carboxylic acids is 2. The zero-order valence-corrected chi connectivity index (χ0v) is 25.8. The van der Waals surface area contributed by atoms with E-state index in [-0.39, 0.29) is 11.5 Å². The van der Waals surface area contributed by atoms with Crippen molar-refractivity contribution in [2.24, 2.45) is 9.98 Å². The molecule has 3 heterocycles. The van der Waals surface area contributed by atoms with Crippen LogP contribution in [0.5, 0.6) is 0 Å². The number of aliphatic hydroxyl groups is 1. The molecule has 9 nitrogen and oxygen atoms in total. The van der Waals surface area contributed by atoms with Crippen LogP contribution < -0.4 is 5.32 Å². The number of halogens is 3. The van der Waals surface area contributed by atoms with Gasteiger partial charge in [-0.25, -0.2) is 15.0 Å². The Hall–Kier alpha value is -3.26. The predicted octanol–water partition coefficient (Wildman–Crippen LogP) is 4.67. The number of hydrogen-bond donors (Lipinski definition) is 2. The second-order valence-corrected chi connectivity index (χ2v) is 12.2. The first kappa shape index (κ1) is 33.6. The molecule has 1 saturated carbocycles. The third kappa shape index (κ3) is 7.68. The maximum atomic E-state index is 12.4. The molecule has 0 radical (unpaired) electrons. The highest BCUT2D eigenvalue weighted by Gasteiger charge is 2.48. The molecule has 1 aliphatic carbocycles. The largest absolute Gasteiger partial charge is 0.416 e. The Morgan fingerprint density at radius 1 is 1.23 bits per heavy atom. The van der Waals surface area contributed by atoms with Gasteiger partial charge in [0.1, 0.15) is 16.9 Å². The Labute approximate surface area is 259 Å². The minimum atomic E-state index is -4.38. The summed E-state index contributed by atoms with van der Waals surface area (Å²) in [6.07, 6.45) is 6.66. The maximum Gasteiger partial charge on any atom is 0.416 e. The molecular formula is C31H39F3N6O3S. The molecule has 0 spiro atoms. The van der Waals surface area contributed by atoms with Crippen LogP contribution in [-0.4, -0.2) is 89.4 Å². The van der Waals surface area contributed by atoms with Crippen molar-refractivity contribution in [3.63, 3.8) is 0 Å². The van der Waals surface area contributed by atoms with Gasteiger partial charge in [0, 0.05) is 49.2 Å². The number of aliphatic imine (C=N–C) groups is 2. The van der Waals surface area contributed by atoms with Crippen molar-refractivity contribution < 1.29 is 27.9 Å². The Bertz CT molecular complexity index is 1370. The van der Waals surface area contributed by atoms with Crippen LogP contribution in [0.25, 0.3) is 0 Å². The number of amidine groups is 1. The first-order valence-electron chi connectivity index (χ1n) is 14.7. The zero-order valence-electron chi connectivity index (χ0n) is 25.0. The average molecular weight is 633 g/mol. The molecule has 2 aromatic rings. The van der Waals surface area contributed by atoms with Crippen molar-refractivity contribution in [3.8, 4) is 0 Å². The smallest absolute Gasteiger partial charge is 0.383 e. The molecule has 1 aromatic carbocycles. The molecule has 44 heavy (non-hydrogen) atoms. The summed E-state index contributed by atoms with van der Waals surface area (Å²) in [6, 6.07) is 5.53. The Morgan fingerprint density at radius 2 is 1.95 bits per heavy atom. The molecule has 0 bridgehead atoms. The number of alkyl halides is 3. The first-order chi connectivity index (χ1) is 21.0. The molecule has 238 valence electrons. The molecule has 2 saturated heterocycles. The van der Waals surface area contributed by atoms with Crippen LogP contribution in [0, 0.1) is 0 Å². The van der Waals surface area contributed by atoms with Crippen molar-refractivity contribution in [1.29, 1.82) is 0 Å². The first-order valence-corrected chi connectivity index (χ1v) is 15.5. The van der Waals surface area contributed by atoms with Crippen LogP contribution in [0.3, 0.4) is 0 Å². The Balaban J connectivity index is 0.000000309. The van der Waals surface area contributed by atoms with Gasteiger partial charge in [-0.1, -0.05) is 18.2 Å². The predicted molar refractivity (Wildman–Crippen MR) is 165 cm³/mol. The van der Waals surface area contributed by atoms with Gasteiger partial charge in [0.15, 0.2) is 5.84 Å². The molecule has 3 fully saturated rings. The fourth-order valence-corrected chi connectivity index (χ4v) is 7.39. The normalized spacial score (nSPS) is 25.9. The third-order valence-electron chi connectivity index (χ3n) is 8.49. The van der Waals surface area contributed by atoms with Crippen molar-refractivity contribution in [2.45, 2.75) is 75.4 Å². The molecule has 3 aliphatic rings. The number of fused-ring (bicyclic) bond motifs is 1. The van der Waals surface area contributed by atoms with E-state index < -0.39 is 17.3 Å². The van der Waals surface area contributed by atoms with E-state index in [4.69, 9.17) is 0 Å². The molecule has 1 amide bonds. The van der Waals surface area contributed by atoms with Crippen LogP contribution >= 0.6 is 11.3 Å². The van der Waals surface area contributed by atoms with E-state index >= 15 is 0 Å². The van der Waals surface area contributed by atoms with E-state index in [0.717, 1.165) is 60.8 Å². The zero-order chi connectivity index (χ0) is 31.9. The summed E-state index contributed by atoms with van der Waals surface area (Å²) in [7, 11) is 1.82. The van der Waals surface area contributed by atoms with Crippen LogP contribution in [0.1, 0.15) is 71.3 Å². The van der Waals surface area contributed by atoms with Crippen LogP contribution in [0.2, 0.25) is 0 Å². The van der Waals surface area contributed by atoms with Crippen molar-refractivity contribution in [2.75, 3.05) is 26.7 Å². The Morgan fingerprint density at radius 3 is 2.59 bits per heavy atom. The quantitative estimate of drug-likeness (QED) is 0.261. The number of allylic oxidation sites excluding steroid dienone is 1. The van der Waals surface area contributed by atoms with Gasteiger partial charge >= 0.3 is 6.18 Å². The summed E-state index contributed by atoms with van der Waals surface area (Å²) in [5, 5.41) is 15.1. The van der Waals surface area contributed by atoms with Crippen molar-refractivity contribution in [3.05, 3.63) is 63.7 Å². The number of likely N-dealkylation sites (tertiary alicyclic amines) is 2. The fourth-order valence-electron chi connectivity index (χ4n) is 6.37. The van der Waals surface area contributed by atoms with E-state index in [1.54, 1.807) is 12.4 Å². The van der Waals surface area contributed by atoms with Gasteiger partial charge in [-0.15, -0.1) is 11.3 Å². The van der Waals surface area contributed by atoms with Crippen LogP contribution in [0.4, 0.5) is 13.2 Å². The lowest BCUT2D eigenvalue weighted by Crippen LogP contribution is -2.47. The second kappa shape index (κ2) is 14.7. The SMILES string of the molecule is C=NC(=N/C=C\C)c1cnc(C2(O)CCC(N3CCC4C3CCN4C(=O)CNC)CC2)s1.O=Cc1cccc(C(F)(F)F)c1. The number of carbonyl (C=O) groups is 2. The van der Waals surface area contributed by atoms with Gasteiger partial charge in [-0.05, 0) is 71.3 Å². The summed E-state index contributed by atoms with van der Waals surface area (Å²) < 4.78 is 36.0. The maximum absolute atomic E-state index is 12.4. The number of aromatic nitrogens is 1. The number of thiazole rings is 1. The fraction of sp³-hybridized carbons (Fsp3) is 0.516. The standard InChI is InChI=1S/C23H34N6O2S.C8H5F3O/c1-4-11-26-21(25-3)19-14-27-22(32-19)23(31)9-5-16(6-10-23)28-12-7-18-17(28)8-13-29(18)20(30)15-24-2;9-8(10,11)7-3-1-2-6(4-7)5-12/h4,11,14,16-18,24,31H,3,5-10,12-13,15H2,1-2H3;1-5H/b11-4-,26-21?;. The number of nitrogens with zero attached hydrogens (tertiary/aromatic N) is 5. The van der Waals surface area contributed by atoms with E-state index in [9.17, 15) is 27.9 Å². The number of amides is 1. The summed E-state index contributed by atoms with van der Waals surface area (Å²) in [5.41, 5.74) is -1.66.